The molecule has 0 aromatic heterocycles. The molecule has 1 aromatic carbocycles. The van der Waals surface area contributed by atoms with Crippen LogP contribution in [0.15, 0.2) is 30.3 Å². The molecular formula is C16H19NO3S. The molecule has 21 heavy (non-hydrogen) atoms. The van der Waals surface area contributed by atoms with E-state index in [1.807, 2.05) is 11.8 Å². The summed E-state index contributed by atoms with van der Waals surface area (Å²) >= 11 is 1.85. The molecule has 0 bridgehead atoms. The van der Waals surface area contributed by atoms with Gasteiger partial charge in [-0.3, -0.25) is 4.79 Å². The molecular weight excluding hydrogens is 286 g/mol. The second-order valence-electron chi connectivity index (χ2n) is 5.14. The lowest BCUT2D eigenvalue weighted by Crippen LogP contribution is -2.33. The Balaban J connectivity index is 1.99. The fraction of sp³-hybridized carbons (Fsp3) is 0.375. The average molecular weight is 305 g/mol. The third-order valence-corrected chi connectivity index (χ3v) is 4.72. The van der Waals surface area contributed by atoms with Crippen molar-refractivity contribution >= 4 is 29.7 Å². The third-order valence-electron chi connectivity index (χ3n) is 3.62. The summed E-state index contributed by atoms with van der Waals surface area (Å²) in [5.74, 6) is -1.09. The van der Waals surface area contributed by atoms with Crippen LogP contribution in [0.1, 0.15) is 35.2 Å². The lowest BCUT2D eigenvalue weighted by atomic mass is 10.1. The highest BCUT2D eigenvalue weighted by Gasteiger charge is 2.25. The van der Waals surface area contributed by atoms with Gasteiger partial charge in [-0.1, -0.05) is 12.1 Å². The number of carbonyl (C=O) groups excluding carboxylic acids is 1. The van der Waals surface area contributed by atoms with Crippen molar-refractivity contribution in [1.29, 1.82) is 0 Å². The number of aliphatic carboxylic acids is 1. The molecule has 0 heterocycles. The molecule has 0 aliphatic heterocycles. The molecule has 1 aromatic rings. The van der Waals surface area contributed by atoms with Crippen LogP contribution in [0, 0.1) is 0 Å². The third kappa shape index (κ3) is 4.63. The molecule has 2 atom stereocenters. The number of rotatable bonds is 5. The molecule has 0 saturated heterocycles. The van der Waals surface area contributed by atoms with Crippen LogP contribution in [0.2, 0.25) is 0 Å². The Hall–Kier alpha value is -1.75. The van der Waals surface area contributed by atoms with E-state index in [1.165, 1.54) is 6.08 Å². The number of thioether (sulfide) groups is 1. The molecule has 1 amide bonds. The molecule has 1 fully saturated rings. The number of carboxylic acids is 1. The van der Waals surface area contributed by atoms with E-state index in [2.05, 4.69) is 11.6 Å². The van der Waals surface area contributed by atoms with E-state index < -0.39 is 5.97 Å². The molecule has 1 saturated carbocycles. The second kappa shape index (κ2) is 7.31. The van der Waals surface area contributed by atoms with Crippen LogP contribution in [0.3, 0.4) is 0 Å². The molecule has 2 unspecified atom stereocenters. The Morgan fingerprint density at radius 3 is 2.86 bits per heavy atom. The summed E-state index contributed by atoms with van der Waals surface area (Å²) in [6.45, 7) is 0. The molecule has 1 aliphatic rings. The molecule has 2 N–H and O–H groups in total. The van der Waals surface area contributed by atoms with E-state index in [9.17, 15) is 9.59 Å². The predicted octanol–water partition coefficient (Wildman–Crippen LogP) is 2.80. The van der Waals surface area contributed by atoms with Gasteiger partial charge in [0, 0.05) is 22.9 Å². The molecule has 5 heteroatoms. The number of hydrogen-bond acceptors (Lipinski definition) is 3. The van der Waals surface area contributed by atoms with Gasteiger partial charge >= 0.3 is 5.97 Å². The van der Waals surface area contributed by atoms with Crippen molar-refractivity contribution in [2.24, 2.45) is 0 Å². The van der Waals surface area contributed by atoms with Gasteiger partial charge in [0.15, 0.2) is 0 Å². The number of hydrogen-bond donors (Lipinski definition) is 2. The smallest absolute Gasteiger partial charge is 0.328 e. The van der Waals surface area contributed by atoms with E-state index in [1.54, 1.807) is 24.3 Å². The van der Waals surface area contributed by atoms with Crippen molar-refractivity contribution in [2.45, 2.75) is 30.6 Å². The summed E-state index contributed by atoms with van der Waals surface area (Å²) in [5.41, 5.74) is 1.27. The number of benzene rings is 1. The first-order valence-electron chi connectivity index (χ1n) is 6.93. The van der Waals surface area contributed by atoms with Crippen molar-refractivity contribution < 1.29 is 14.7 Å². The highest BCUT2D eigenvalue weighted by Crippen LogP contribution is 2.28. The number of carboxylic acid groups (broad SMARTS) is 1. The maximum absolute atomic E-state index is 12.2. The largest absolute Gasteiger partial charge is 0.478 e. The first kappa shape index (κ1) is 15.6. The SMILES string of the molecule is CSC1CCC(NC(=O)c2cccc(/C=C/C(=O)O)c2)C1. The average Bonchev–Trinajstić information content (AvgIpc) is 2.93. The molecule has 0 radical (unpaired) electrons. The van der Waals surface area contributed by atoms with Gasteiger partial charge in [0.2, 0.25) is 0 Å². The summed E-state index contributed by atoms with van der Waals surface area (Å²) in [7, 11) is 0. The van der Waals surface area contributed by atoms with Gasteiger partial charge in [-0.15, -0.1) is 0 Å². The first-order valence-corrected chi connectivity index (χ1v) is 8.22. The first-order chi connectivity index (χ1) is 10.1. The molecule has 112 valence electrons. The van der Waals surface area contributed by atoms with Crippen LogP contribution in [0.4, 0.5) is 0 Å². The Morgan fingerprint density at radius 2 is 2.19 bits per heavy atom. The van der Waals surface area contributed by atoms with Gasteiger partial charge in [-0.05, 0) is 49.3 Å². The monoisotopic (exact) mass is 305 g/mol. The predicted molar refractivity (Wildman–Crippen MR) is 85.5 cm³/mol. The minimum absolute atomic E-state index is 0.0904. The minimum Gasteiger partial charge on any atom is -0.478 e. The highest BCUT2D eigenvalue weighted by atomic mass is 32.2. The van der Waals surface area contributed by atoms with Gasteiger partial charge in [0.05, 0.1) is 0 Å². The van der Waals surface area contributed by atoms with E-state index in [0.29, 0.717) is 16.4 Å². The summed E-state index contributed by atoms with van der Waals surface area (Å²) < 4.78 is 0. The van der Waals surface area contributed by atoms with Crippen LogP contribution in [0.5, 0.6) is 0 Å². The van der Waals surface area contributed by atoms with Gasteiger partial charge < -0.3 is 10.4 Å². The zero-order chi connectivity index (χ0) is 15.2. The van der Waals surface area contributed by atoms with Gasteiger partial charge in [0.1, 0.15) is 0 Å². The Bertz CT molecular complexity index is 556. The Labute approximate surface area is 128 Å². The maximum Gasteiger partial charge on any atom is 0.328 e. The second-order valence-corrected chi connectivity index (χ2v) is 6.28. The summed E-state index contributed by atoms with van der Waals surface area (Å²) in [5, 5.41) is 12.3. The highest BCUT2D eigenvalue weighted by molar-refractivity contribution is 7.99. The summed E-state index contributed by atoms with van der Waals surface area (Å²) in [4.78, 5) is 22.7. The normalized spacial score (nSPS) is 21.6. The molecule has 4 nitrogen and oxygen atoms in total. The minimum atomic E-state index is -1.00. The fourth-order valence-electron chi connectivity index (χ4n) is 2.51. The zero-order valence-corrected chi connectivity index (χ0v) is 12.7. The number of amides is 1. The number of carbonyl (C=O) groups is 2. The van der Waals surface area contributed by atoms with E-state index in [4.69, 9.17) is 5.11 Å². The van der Waals surface area contributed by atoms with Crippen LogP contribution in [-0.2, 0) is 4.79 Å². The zero-order valence-electron chi connectivity index (χ0n) is 11.9. The Kier molecular flexibility index (Phi) is 5.44. The van der Waals surface area contributed by atoms with E-state index in [0.717, 1.165) is 25.3 Å². The lowest BCUT2D eigenvalue weighted by molar-refractivity contribution is -0.131. The molecule has 0 spiro atoms. The molecule has 1 aliphatic carbocycles. The van der Waals surface area contributed by atoms with Crippen molar-refractivity contribution in [1.82, 2.24) is 5.32 Å². The quantitative estimate of drug-likeness (QED) is 0.821. The van der Waals surface area contributed by atoms with Crippen molar-refractivity contribution in [3.8, 4) is 0 Å². The van der Waals surface area contributed by atoms with Crippen LogP contribution < -0.4 is 5.32 Å². The molecule has 2 rings (SSSR count). The van der Waals surface area contributed by atoms with Crippen molar-refractivity contribution in [2.75, 3.05) is 6.26 Å². The topological polar surface area (TPSA) is 66.4 Å². The van der Waals surface area contributed by atoms with Gasteiger partial charge in [-0.2, -0.15) is 11.8 Å². The van der Waals surface area contributed by atoms with Gasteiger partial charge in [-0.25, -0.2) is 4.79 Å². The van der Waals surface area contributed by atoms with Crippen LogP contribution in [-0.4, -0.2) is 34.5 Å². The van der Waals surface area contributed by atoms with Crippen molar-refractivity contribution in [3.63, 3.8) is 0 Å². The standard InChI is InChI=1S/C16H19NO3S/c1-21-14-7-6-13(10-14)17-16(20)12-4-2-3-11(9-12)5-8-15(18)19/h2-5,8-9,13-14H,6-7,10H2,1H3,(H,17,20)(H,18,19)/b8-5+. The number of nitrogens with one attached hydrogen (secondary N) is 1. The Morgan fingerprint density at radius 1 is 1.38 bits per heavy atom. The summed E-state index contributed by atoms with van der Waals surface area (Å²) in [6.07, 6.45) is 7.84. The summed E-state index contributed by atoms with van der Waals surface area (Å²) in [6, 6.07) is 7.23. The van der Waals surface area contributed by atoms with Gasteiger partial charge in [0.25, 0.3) is 5.91 Å². The van der Waals surface area contributed by atoms with E-state index in [-0.39, 0.29) is 11.9 Å². The van der Waals surface area contributed by atoms with Crippen molar-refractivity contribution in [3.05, 3.63) is 41.5 Å². The van der Waals surface area contributed by atoms with E-state index >= 15 is 0 Å². The lowest BCUT2D eigenvalue weighted by Gasteiger charge is -2.13. The van der Waals surface area contributed by atoms with Crippen LogP contribution in [0.25, 0.3) is 6.08 Å². The maximum atomic E-state index is 12.2. The fourth-order valence-corrected chi connectivity index (χ4v) is 3.30. The van der Waals surface area contributed by atoms with Crippen LogP contribution >= 0.6 is 11.8 Å².